The Labute approximate surface area is 116 Å². The van der Waals surface area contributed by atoms with Gasteiger partial charge in [-0.2, -0.15) is 10.1 Å². The molecule has 0 saturated heterocycles. The van der Waals surface area contributed by atoms with Gasteiger partial charge < -0.3 is 5.11 Å². The topological polar surface area (TPSA) is 94.3 Å². The number of aliphatic hydroxyl groups excluding tert-OH is 1. The zero-order valence-electron chi connectivity index (χ0n) is 11.2. The Morgan fingerprint density at radius 1 is 1.35 bits per heavy atom. The fourth-order valence-corrected chi connectivity index (χ4v) is 1.88. The minimum Gasteiger partial charge on any atom is -0.463 e. The fourth-order valence-electron chi connectivity index (χ4n) is 1.88. The van der Waals surface area contributed by atoms with Crippen LogP contribution in [-0.4, -0.2) is 28.7 Å². The van der Waals surface area contributed by atoms with Gasteiger partial charge in [0.25, 0.3) is 0 Å². The lowest BCUT2D eigenvalue weighted by atomic mass is 10.1. The molecule has 1 aromatic rings. The van der Waals surface area contributed by atoms with Gasteiger partial charge in [0, 0.05) is 5.56 Å². The molecule has 0 fully saturated rings. The number of hydrogen-bond donors (Lipinski definition) is 4. The number of aliphatic hydroxyl groups is 1. The van der Waals surface area contributed by atoms with Gasteiger partial charge in [0.2, 0.25) is 0 Å². The minimum atomic E-state index is -0.553. The summed E-state index contributed by atoms with van der Waals surface area (Å²) in [6.07, 6.45) is 0.215. The van der Waals surface area contributed by atoms with Gasteiger partial charge in [-0.25, -0.2) is 14.8 Å². The maximum absolute atomic E-state index is 11.2. The molecule has 20 heavy (non-hydrogen) atoms. The third-order valence-electron chi connectivity index (χ3n) is 2.92. The first-order chi connectivity index (χ1) is 9.52. The number of nitrogens with one attached hydrogen (secondary N) is 3. The van der Waals surface area contributed by atoms with E-state index in [1.165, 1.54) is 5.56 Å². The van der Waals surface area contributed by atoms with Gasteiger partial charge in [-0.1, -0.05) is 29.8 Å². The van der Waals surface area contributed by atoms with Crippen LogP contribution in [-0.2, 0) is 11.3 Å². The third kappa shape index (κ3) is 4.01. The molecule has 1 heterocycles. The molecule has 1 aromatic carbocycles. The van der Waals surface area contributed by atoms with Gasteiger partial charge in [-0.15, -0.1) is 0 Å². The van der Waals surface area contributed by atoms with E-state index in [9.17, 15) is 14.7 Å². The predicted octanol–water partition coefficient (Wildman–Crippen LogP) is -1.92. The van der Waals surface area contributed by atoms with Crippen molar-refractivity contribution in [2.75, 3.05) is 0 Å². The highest BCUT2D eigenvalue weighted by Crippen LogP contribution is 2.00. The molecule has 0 saturated carbocycles. The molecule has 1 aliphatic heterocycles. The zero-order valence-corrected chi connectivity index (χ0v) is 11.2. The molecule has 0 radical (unpaired) electrons. The van der Waals surface area contributed by atoms with Crippen molar-refractivity contribution in [1.29, 1.82) is 0 Å². The number of hydrogen-bond acceptors (Lipinski definition) is 2. The SMILES string of the molecule is Cc1ccc(C[NH+]=C(O)CC2=[NH+]C(=O)NC(=O)C2)cc1. The van der Waals surface area contributed by atoms with Crippen molar-refractivity contribution < 1.29 is 24.7 Å². The van der Waals surface area contributed by atoms with E-state index in [1.807, 2.05) is 31.2 Å². The third-order valence-corrected chi connectivity index (χ3v) is 2.92. The van der Waals surface area contributed by atoms with Crippen molar-refractivity contribution in [3.8, 4) is 0 Å². The highest BCUT2D eigenvalue weighted by atomic mass is 16.3. The maximum atomic E-state index is 11.2. The van der Waals surface area contributed by atoms with Crippen LogP contribution < -0.4 is 15.3 Å². The second-order valence-corrected chi connectivity index (χ2v) is 4.75. The van der Waals surface area contributed by atoms with Crippen LogP contribution in [0.15, 0.2) is 24.3 Å². The summed E-state index contributed by atoms with van der Waals surface area (Å²) in [4.78, 5) is 27.6. The first kappa shape index (κ1) is 13.9. The molecule has 0 bridgehead atoms. The van der Waals surface area contributed by atoms with Crippen molar-refractivity contribution in [3.05, 3.63) is 35.4 Å². The summed E-state index contributed by atoms with van der Waals surface area (Å²) in [5, 5.41) is 11.9. The fraction of sp³-hybridized carbons (Fsp3) is 0.286. The number of aryl methyl sites for hydroxylation is 1. The van der Waals surface area contributed by atoms with E-state index < -0.39 is 6.03 Å². The molecule has 1 aliphatic rings. The summed E-state index contributed by atoms with van der Waals surface area (Å²) in [5.74, 6) is -0.342. The van der Waals surface area contributed by atoms with Crippen molar-refractivity contribution >= 4 is 23.5 Å². The Kier molecular flexibility index (Phi) is 4.24. The average Bonchev–Trinajstić information content (AvgIpc) is 2.37. The molecular weight excluding hydrogens is 258 g/mol. The number of carbonyl (C=O) groups is 2. The van der Waals surface area contributed by atoms with Gasteiger partial charge in [0.1, 0.15) is 18.6 Å². The van der Waals surface area contributed by atoms with Crippen molar-refractivity contribution in [1.82, 2.24) is 5.32 Å². The summed E-state index contributed by atoms with van der Waals surface area (Å²) in [5.41, 5.74) is 2.69. The minimum absolute atomic E-state index is 0.0237. The van der Waals surface area contributed by atoms with Gasteiger partial charge >= 0.3 is 17.8 Å². The van der Waals surface area contributed by atoms with Gasteiger partial charge in [-0.05, 0) is 6.92 Å². The number of imide groups is 1. The number of urea groups is 1. The largest absolute Gasteiger partial charge is 0.496 e. The Morgan fingerprint density at radius 3 is 2.70 bits per heavy atom. The van der Waals surface area contributed by atoms with Gasteiger partial charge in [0.15, 0.2) is 6.54 Å². The van der Waals surface area contributed by atoms with E-state index in [1.54, 1.807) is 0 Å². The van der Waals surface area contributed by atoms with Crippen molar-refractivity contribution in [3.63, 3.8) is 0 Å². The van der Waals surface area contributed by atoms with Crippen molar-refractivity contribution in [2.45, 2.75) is 26.3 Å². The second-order valence-electron chi connectivity index (χ2n) is 4.75. The molecule has 2 rings (SSSR count). The summed E-state index contributed by atoms with van der Waals surface area (Å²) >= 11 is 0. The van der Waals surface area contributed by atoms with E-state index >= 15 is 0 Å². The lowest BCUT2D eigenvalue weighted by Gasteiger charge is -2.03. The van der Waals surface area contributed by atoms with Crippen LogP contribution in [0.25, 0.3) is 0 Å². The number of carbonyl (C=O) groups excluding carboxylic acids is 2. The van der Waals surface area contributed by atoms with Crippen molar-refractivity contribution in [2.24, 2.45) is 0 Å². The number of amides is 3. The van der Waals surface area contributed by atoms with Crippen LogP contribution in [0.2, 0.25) is 0 Å². The molecule has 0 unspecified atom stereocenters. The van der Waals surface area contributed by atoms with E-state index in [4.69, 9.17) is 0 Å². The van der Waals surface area contributed by atoms with E-state index in [0.717, 1.165) is 5.56 Å². The number of benzene rings is 1. The van der Waals surface area contributed by atoms with Gasteiger partial charge in [0.05, 0.1) is 0 Å². The lowest BCUT2D eigenvalue weighted by molar-refractivity contribution is -0.485. The molecule has 0 atom stereocenters. The lowest BCUT2D eigenvalue weighted by Crippen LogP contribution is -2.85. The van der Waals surface area contributed by atoms with Crippen LogP contribution >= 0.6 is 0 Å². The Morgan fingerprint density at radius 2 is 2.05 bits per heavy atom. The number of rotatable bonds is 4. The molecule has 0 aromatic heterocycles. The van der Waals surface area contributed by atoms with Gasteiger partial charge in [-0.3, -0.25) is 0 Å². The molecule has 4 N–H and O–H groups in total. The van der Waals surface area contributed by atoms with E-state index in [2.05, 4.69) is 15.3 Å². The maximum Gasteiger partial charge on any atom is 0.496 e. The monoisotopic (exact) mass is 275 g/mol. The molecule has 0 aliphatic carbocycles. The highest BCUT2D eigenvalue weighted by molar-refractivity contribution is 6.11. The van der Waals surface area contributed by atoms with Crippen LogP contribution in [0.3, 0.4) is 0 Å². The predicted molar refractivity (Wildman–Crippen MR) is 72.2 cm³/mol. The standard InChI is InChI=1S/C14H15N3O3/c1-9-2-4-10(5-3-9)8-15-12(18)6-11-7-13(19)17-14(20)16-11/h2-5H,6-8H2,1H3,(H,15,18)(H,17,19,20)/p+2. The van der Waals surface area contributed by atoms with Crippen LogP contribution in [0.4, 0.5) is 4.79 Å². The quantitative estimate of drug-likeness (QED) is 0.381. The van der Waals surface area contributed by atoms with Crippen LogP contribution in [0.5, 0.6) is 0 Å². The second kappa shape index (κ2) is 6.10. The summed E-state index contributed by atoms with van der Waals surface area (Å²) in [7, 11) is 0. The molecule has 104 valence electrons. The smallest absolute Gasteiger partial charge is 0.463 e. The average molecular weight is 275 g/mol. The Bertz CT molecular complexity index is 588. The van der Waals surface area contributed by atoms with E-state index in [-0.39, 0.29) is 24.6 Å². The zero-order chi connectivity index (χ0) is 14.5. The highest BCUT2D eigenvalue weighted by Gasteiger charge is 2.26. The summed E-state index contributed by atoms with van der Waals surface area (Å²) < 4.78 is 0. The molecule has 3 amide bonds. The van der Waals surface area contributed by atoms with E-state index in [0.29, 0.717) is 12.3 Å². The van der Waals surface area contributed by atoms with Crippen LogP contribution in [0, 0.1) is 6.92 Å². The first-order valence-corrected chi connectivity index (χ1v) is 6.32. The Balaban J connectivity index is 1.95. The molecule has 6 heteroatoms. The van der Waals surface area contributed by atoms with Crippen LogP contribution in [0.1, 0.15) is 24.0 Å². The normalized spacial score (nSPS) is 15.8. The molecular formula is C14H17N3O3+2. The first-order valence-electron chi connectivity index (χ1n) is 6.32. The summed E-state index contributed by atoms with van der Waals surface area (Å²) in [6.45, 7) is 2.49. The molecule has 0 spiro atoms. The Hall–Kier alpha value is -2.50. The molecule has 6 nitrogen and oxygen atoms in total. The summed E-state index contributed by atoms with van der Waals surface area (Å²) in [6, 6.07) is 7.38.